The van der Waals surface area contributed by atoms with Crippen molar-refractivity contribution in [1.82, 2.24) is 44.5 Å². The van der Waals surface area contributed by atoms with Gasteiger partial charge in [-0.1, -0.05) is 105 Å². The van der Waals surface area contributed by atoms with Crippen LogP contribution in [0.3, 0.4) is 0 Å². The number of nitrogens with zero attached hydrogens (tertiary/aromatic N) is 14. The number of amidine groups is 2. The van der Waals surface area contributed by atoms with Gasteiger partial charge in [-0.3, -0.25) is 24.2 Å². The second kappa shape index (κ2) is 41.1. The van der Waals surface area contributed by atoms with Gasteiger partial charge in [0, 0.05) is 133 Å². The number of likely N-dealkylation sites (N-methyl/N-ethyl adjacent to an activating group) is 4. The van der Waals surface area contributed by atoms with Crippen LogP contribution < -0.4 is 15.5 Å². The molecule has 0 aromatic carbocycles. The topological polar surface area (TPSA) is 156 Å². The van der Waals surface area contributed by atoms with E-state index in [2.05, 4.69) is 169 Å². The first-order valence-corrected chi connectivity index (χ1v) is 28.1. The third-order valence-electron chi connectivity index (χ3n) is 12.7. The molecular weight excluding hydrogens is 977 g/mol. The average molecular weight is 1090 g/mol. The first-order chi connectivity index (χ1) is 37.4. The summed E-state index contributed by atoms with van der Waals surface area (Å²) < 4.78 is 13.4. The van der Waals surface area contributed by atoms with Crippen molar-refractivity contribution in [2.75, 3.05) is 127 Å². The highest BCUT2D eigenvalue weighted by Crippen LogP contribution is 2.29. The fraction of sp³-hybridized carbons (Fsp3) is 0.617. The molecule has 3 unspecified atom stereocenters. The molecule has 440 valence electrons. The second-order valence-electron chi connectivity index (χ2n) is 19.0. The molecule has 18 heteroatoms. The molecule has 2 N–H and O–H groups in total. The Bertz CT molecular complexity index is 2270. The maximum absolute atomic E-state index is 5.65. The molecule has 0 amide bonds. The SMILES string of the molecule is C=C(CN(C)C(=NC)N(C)c1cnn(C)c1)[C@](C)(COC)CN(C)C(/C=C\C=C\C1CCCN1)=NC.CC.CC.CC.CCCN(C)C(C)C1=CCC=CC(N(C)CC(C)C2=CCN=C(Nc3cnn(C)c3)N=C2)=N1.COC. The van der Waals surface area contributed by atoms with E-state index in [-0.39, 0.29) is 5.41 Å². The highest BCUT2D eigenvalue weighted by molar-refractivity contribution is 6.02. The summed E-state index contributed by atoms with van der Waals surface area (Å²) in [6.07, 6.45) is 31.0. The second-order valence-corrected chi connectivity index (χ2v) is 19.0. The van der Waals surface area contributed by atoms with Crippen molar-refractivity contribution in [3.05, 3.63) is 96.8 Å². The molecule has 0 spiro atoms. The van der Waals surface area contributed by atoms with Crippen LogP contribution in [0.25, 0.3) is 0 Å². The van der Waals surface area contributed by atoms with E-state index in [0.29, 0.717) is 43.7 Å². The van der Waals surface area contributed by atoms with Gasteiger partial charge in [-0.15, -0.1) is 0 Å². The number of guanidine groups is 2. The third-order valence-corrected chi connectivity index (χ3v) is 12.7. The van der Waals surface area contributed by atoms with Gasteiger partial charge >= 0.3 is 0 Å². The Morgan fingerprint density at radius 3 is 2.18 bits per heavy atom. The maximum Gasteiger partial charge on any atom is 0.222 e. The number of anilines is 2. The first-order valence-electron chi connectivity index (χ1n) is 28.1. The Labute approximate surface area is 474 Å². The van der Waals surface area contributed by atoms with Crippen molar-refractivity contribution in [3.63, 3.8) is 0 Å². The largest absolute Gasteiger partial charge is 0.388 e. The van der Waals surface area contributed by atoms with Gasteiger partial charge < -0.3 is 39.7 Å². The number of allylic oxidation sites excluding steroid dienone is 4. The van der Waals surface area contributed by atoms with E-state index in [4.69, 9.17) is 9.73 Å². The molecule has 1 saturated heterocycles. The highest BCUT2D eigenvalue weighted by atomic mass is 16.5. The molecule has 4 atom stereocenters. The molecule has 18 nitrogen and oxygen atoms in total. The van der Waals surface area contributed by atoms with Crippen molar-refractivity contribution in [2.24, 2.45) is 50.4 Å². The number of ether oxygens (including phenoxy) is 2. The molecule has 0 radical (unpaired) electrons. The molecule has 3 aliphatic heterocycles. The van der Waals surface area contributed by atoms with Crippen molar-refractivity contribution in [1.29, 1.82) is 0 Å². The number of nitrogens with one attached hydrogen (secondary N) is 2. The van der Waals surface area contributed by atoms with Gasteiger partial charge in [-0.2, -0.15) is 10.2 Å². The van der Waals surface area contributed by atoms with Gasteiger partial charge in [0.2, 0.25) is 11.9 Å². The minimum Gasteiger partial charge on any atom is -0.388 e. The molecule has 2 aromatic heterocycles. The number of hydrogen-bond donors (Lipinski definition) is 2. The van der Waals surface area contributed by atoms with Gasteiger partial charge in [0.25, 0.3) is 0 Å². The third kappa shape index (κ3) is 25.7. The summed E-state index contributed by atoms with van der Waals surface area (Å²) in [6.45, 7) is 30.9. The summed E-state index contributed by atoms with van der Waals surface area (Å²) in [5, 5.41) is 15.2. The minimum absolute atomic E-state index is 0.290. The lowest BCUT2D eigenvalue weighted by Crippen LogP contribution is -2.46. The molecule has 1 fully saturated rings. The predicted octanol–water partition coefficient (Wildman–Crippen LogP) is 9.89. The lowest BCUT2D eigenvalue weighted by Gasteiger charge is -2.38. The van der Waals surface area contributed by atoms with Gasteiger partial charge in [0.15, 0.2) is 0 Å². The van der Waals surface area contributed by atoms with Gasteiger partial charge in [0.1, 0.15) is 11.7 Å². The van der Waals surface area contributed by atoms with Crippen LogP contribution in [0.4, 0.5) is 11.4 Å². The molecule has 78 heavy (non-hydrogen) atoms. The number of rotatable bonds is 19. The summed E-state index contributed by atoms with van der Waals surface area (Å²) in [5.74, 6) is 3.64. The van der Waals surface area contributed by atoms with E-state index in [9.17, 15) is 0 Å². The minimum atomic E-state index is -0.295. The summed E-state index contributed by atoms with van der Waals surface area (Å²) in [7, 11) is 22.8. The standard InChI is InChI=1S/C27H46N8O.C25H38N8.C2H6O.3C2H6/c1-22(18-32(5)26(29-4)35(8)24-17-31-34(7)19-24)27(2,21-36-9)20-33(6)25(28-3)15-11-10-13-23-14-12-16-30-23;1-7-14-31(4)20(3)23-10-8-9-11-24(30-23)32(5)17-19(2)21-12-13-26-25(27-15-21)29-22-16-28-33(6)18-22;1-3-2;3*1-2/h10-11,13,15,17,19,23,30H,1,12,14,16,18,20-21H2,2-9H3;9-12,15-16,18-20H,7-8,13-14,17H2,1-6H3,(H,26,29);1-2H3;3*1-2H3/b13-10+,15-11-,28-25?,29-26?;;;;;/t23?,27-;;;;;/m0...../s1. The van der Waals surface area contributed by atoms with Crippen molar-refractivity contribution in [2.45, 2.75) is 107 Å². The van der Waals surface area contributed by atoms with Crippen LogP contribution in [-0.4, -0.2) is 198 Å². The zero-order valence-electron chi connectivity index (χ0n) is 52.8. The molecule has 0 aliphatic carbocycles. The van der Waals surface area contributed by atoms with Gasteiger partial charge in [-0.25, -0.2) is 15.0 Å². The normalized spacial score (nSPS) is 16.7. The van der Waals surface area contributed by atoms with Crippen LogP contribution in [0, 0.1) is 11.3 Å². The number of hydrogen-bond acceptors (Lipinski definition) is 13. The molecule has 3 aliphatic rings. The van der Waals surface area contributed by atoms with Gasteiger partial charge in [0.05, 0.1) is 42.6 Å². The van der Waals surface area contributed by atoms with E-state index in [1.807, 2.05) is 106 Å². The van der Waals surface area contributed by atoms with Crippen LogP contribution in [-0.2, 0) is 23.6 Å². The average Bonchev–Trinajstić information content (AvgIpc) is 4.13. The van der Waals surface area contributed by atoms with E-state index >= 15 is 0 Å². The monoisotopic (exact) mass is 1080 g/mol. The Balaban J connectivity index is 0.00000133. The van der Waals surface area contributed by atoms with E-state index in [0.717, 1.165) is 79.3 Å². The van der Waals surface area contributed by atoms with Crippen LogP contribution in [0.1, 0.15) is 94.9 Å². The van der Waals surface area contributed by atoms with Gasteiger partial charge in [-0.05, 0) is 82.0 Å². The van der Waals surface area contributed by atoms with Crippen LogP contribution >= 0.6 is 0 Å². The zero-order chi connectivity index (χ0) is 59.2. The number of aryl methyl sites for hydroxylation is 2. The Kier molecular flexibility index (Phi) is 38.0. The number of aliphatic imine (C=N–C) groups is 5. The summed E-state index contributed by atoms with van der Waals surface area (Å²) in [6, 6.07) is 0.777. The quantitative estimate of drug-likeness (QED) is 0.0598. The summed E-state index contributed by atoms with van der Waals surface area (Å²) in [4.78, 5) is 34.1. The predicted molar refractivity (Wildman–Crippen MR) is 338 cm³/mol. The van der Waals surface area contributed by atoms with Crippen LogP contribution in [0.15, 0.2) is 122 Å². The van der Waals surface area contributed by atoms with E-state index in [1.54, 1.807) is 43.9 Å². The van der Waals surface area contributed by atoms with E-state index < -0.39 is 0 Å². The van der Waals surface area contributed by atoms with Crippen molar-refractivity contribution < 1.29 is 9.47 Å². The lowest BCUT2D eigenvalue weighted by molar-refractivity contribution is 0.0991. The number of methoxy groups -OCH3 is 2. The fourth-order valence-corrected chi connectivity index (χ4v) is 8.51. The zero-order valence-corrected chi connectivity index (χ0v) is 52.8. The van der Waals surface area contributed by atoms with Crippen LogP contribution in [0.5, 0.6) is 0 Å². The molecular formula is C60H108N16O2. The Hall–Kier alpha value is -5.95. The number of aromatic nitrogens is 4. The molecule has 0 bridgehead atoms. The van der Waals surface area contributed by atoms with Crippen molar-refractivity contribution in [3.8, 4) is 0 Å². The van der Waals surface area contributed by atoms with Crippen molar-refractivity contribution >= 4 is 41.2 Å². The first kappa shape index (κ1) is 72.0. The molecule has 2 aromatic rings. The van der Waals surface area contributed by atoms with Crippen LogP contribution in [0.2, 0.25) is 0 Å². The molecule has 5 rings (SSSR count). The Morgan fingerprint density at radius 2 is 1.62 bits per heavy atom. The molecule has 5 heterocycles. The molecule has 0 saturated carbocycles. The maximum atomic E-state index is 5.65. The summed E-state index contributed by atoms with van der Waals surface area (Å²) >= 11 is 0. The Morgan fingerprint density at radius 1 is 0.949 bits per heavy atom. The smallest absolute Gasteiger partial charge is 0.222 e. The summed E-state index contributed by atoms with van der Waals surface area (Å²) in [5.41, 5.74) is 4.94. The van der Waals surface area contributed by atoms with E-state index in [1.165, 1.54) is 18.4 Å². The highest BCUT2D eigenvalue weighted by Gasteiger charge is 2.32. The fourth-order valence-electron chi connectivity index (χ4n) is 8.51. The lowest BCUT2D eigenvalue weighted by atomic mass is 9.82.